The largest absolute Gasteiger partial charge is 0.486 e. The van der Waals surface area contributed by atoms with Crippen LogP contribution in [0.4, 0.5) is 0 Å². The third-order valence-corrected chi connectivity index (χ3v) is 3.68. The normalized spacial score (nSPS) is 17.2. The van der Waals surface area contributed by atoms with Crippen LogP contribution in [0.2, 0.25) is 0 Å². The number of hydrogen-bond acceptors (Lipinski definition) is 5. The lowest BCUT2D eigenvalue weighted by molar-refractivity contribution is 0.0630. The number of benzene rings is 1. The molecule has 1 aliphatic heterocycles. The molecule has 3 rings (SSSR count). The molecule has 0 spiro atoms. The number of nitrogens with zero attached hydrogens (tertiary/aromatic N) is 4. The summed E-state index contributed by atoms with van der Waals surface area (Å²) in [5.41, 5.74) is 0. The molecule has 2 aromatic rings. The number of ether oxygens (including phenoxy) is 2. The Balaban J connectivity index is 1.59. The molecular weight excluding hydrogens is 268 g/mol. The highest BCUT2D eigenvalue weighted by Crippen LogP contribution is 2.30. The molecule has 6 nitrogen and oxygen atoms in total. The number of fused-ring (bicyclic) bond motifs is 1. The summed E-state index contributed by atoms with van der Waals surface area (Å²) in [5, 5.41) is 8.26. The van der Waals surface area contributed by atoms with E-state index in [0.29, 0.717) is 6.61 Å². The maximum absolute atomic E-state index is 5.97. The van der Waals surface area contributed by atoms with Crippen molar-refractivity contribution in [2.45, 2.75) is 19.6 Å². The third kappa shape index (κ3) is 3.00. The summed E-state index contributed by atoms with van der Waals surface area (Å²) in [7, 11) is 4.03. The zero-order valence-corrected chi connectivity index (χ0v) is 12.6. The van der Waals surface area contributed by atoms with Gasteiger partial charge in [-0.3, -0.25) is 4.90 Å². The lowest BCUT2D eigenvalue weighted by Gasteiger charge is -2.29. The quantitative estimate of drug-likeness (QED) is 0.851. The van der Waals surface area contributed by atoms with E-state index in [1.807, 2.05) is 49.9 Å². The highest BCUT2D eigenvalue weighted by atomic mass is 16.6. The molecule has 0 amide bonds. The van der Waals surface area contributed by atoms with Gasteiger partial charge in [-0.2, -0.15) is 0 Å². The Labute approximate surface area is 124 Å². The Morgan fingerprint density at radius 3 is 2.76 bits per heavy atom. The monoisotopic (exact) mass is 288 g/mol. The van der Waals surface area contributed by atoms with Crippen molar-refractivity contribution >= 4 is 0 Å². The molecular formula is C15H20N4O2. The predicted molar refractivity (Wildman–Crippen MR) is 78.4 cm³/mol. The zero-order chi connectivity index (χ0) is 14.8. The van der Waals surface area contributed by atoms with Crippen LogP contribution in [0.1, 0.15) is 11.6 Å². The van der Waals surface area contributed by atoms with Crippen LogP contribution >= 0.6 is 0 Å². The fourth-order valence-corrected chi connectivity index (χ4v) is 2.40. The van der Waals surface area contributed by atoms with E-state index in [1.165, 1.54) is 0 Å². The van der Waals surface area contributed by atoms with Crippen LogP contribution in [-0.4, -0.2) is 46.0 Å². The Kier molecular flexibility index (Phi) is 3.79. The van der Waals surface area contributed by atoms with Gasteiger partial charge in [-0.15, -0.1) is 10.2 Å². The first-order valence-electron chi connectivity index (χ1n) is 7.05. The number of aromatic nitrogens is 3. The van der Waals surface area contributed by atoms with Gasteiger partial charge < -0.3 is 14.0 Å². The predicted octanol–water partition coefficient (Wildman–Crippen LogP) is 1.40. The fraction of sp³-hybridized carbons (Fsp3) is 0.467. The van der Waals surface area contributed by atoms with E-state index in [-0.39, 0.29) is 6.10 Å². The maximum Gasteiger partial charge on any atom is 0.161 e. The number of aryl methyl sites for hydroxylation is 1. The van der Waals surface area contributed by atoms with Crippen molar-refractivity contribution in [3.05, 3.63) is 35.9 Å². The second-order valence-electron chi connectivity index (χ2n) is 5.42. The van der Waals surface area contributed by atoms with Gasteiger partial charge in [-0.1, -0.05) is 12.1 Å². The minimum absolute atomic E-state index is 0.0271. The highest BCUT2D eigenvalue weighted by molar-refractivity contribution is 5.40. The van der Waals surface area contributed by atoms with Gasteiger partial charge in [0.05, 0.1) is 6.54 Å². The van der Waals surface area contributed by atoms with Crippen molar-refractivity contribution in [1.29, 1.82) is 0 Å². The standard InChI is InChI=1S/C15H20N4O2/c1-11-16-17-15(19(11)3)9-18(2)8-12-10-20-13-6-4-5-7-14(13)21-12/h4-7,12H,8-10H2,1-3H3/t12-/m1/s1. The number of para-hydroxylation sites is 2. The van der Waals surface area contributed by atoms with Crippen LogP contribution in [0, 0.1) is 6.92 Å². The first kappa shape index (κ1) is 13.9. The molecule has 0 unspecified atom stereocenters. The van der Waals surface area contributed by atoms with Gasteiger partial charge in [-0.25, -0.2) is 0 Å². The van der Waals surface area contributed by atoms with Gasteiger partial charge in [0.15, 0.2) is 11.5 Å². The molecule has 6 heteroatoms. The first-order valence-corrected chi connectivity index (χ1v) is 7.05. The van der Waals surface area contributed by atoms with Gasteiger partial charge in [0.2, 0.25) is 0 Å². The fourth-order valence-electron chi connectivity index (χ4n) is 2.40. The third-order valence-electron chi connectivity index (χ3n) is 3.68. The van der Waals surface area contributed by atoms with Gasteiger partial charge in [-0.05, 0) is 26.1 Å². The molecule has 0 fully saturated rings. The molecule has 0 saturated carbocycles. The van der Waals surface area contributed by atoms with Gasteiger partial charge >= 0.3 is 0 Å². The Bertz CT molecular complexity index is 626. The van der Waals surface area contributed by atoms with Crippen LogP contribution in [0.25, 0.3) is 0 Å². The summed E-state index contributed by atoms with van der Waals surface area (Å²) in [6.45, 7) is 4.03. The molecule has 1 atom stereocenters. The van der Waals surface area contributed by atoms with Crippen molar-refractivity contribution in [1.82, 2.24) is 19.7 Å². The first-order chi connectivity index (χ1) is 10.1. The summed E-state index contributed by atoms with van der Waals surface area (Å²) < 4.78 is 13.7. The van der Waals surface area contributed by atoms with Crippen molar-refractivity contribution in [2.75, 3.05) is 20.2 Å². The lowest BCUT2D eigenvalue weighted by Crippen LogP contribution is -2.39. The Morgan fingerprint density at radius 2 is 2.05 bits per heavy atom. The molecule has 0 aliphatic carbocycles. The summed E-state index contributed by atoms with van der Waals surface area (Å²) in [6.07, 6.45) is 0.0271. The Hall–Kier alpha value is -2.08. The lowest BCUT2D eigenvalue weighted by atomic mass is 10.2. The van der Waals surface area contributed by atoms with E-state index in [1.54, 1.807) is 0 Å². The molecule has 0 radical (unpaired) electrons. The number of likely N-dealkylation sites (N-methyl/N-ethyl adjacent to an activating group) is 1. The average molecular weight is 288 g/mol. The summed E-state index contributed by atoms with van der Waals surface area (Å²) in [6, 6.07) is 7.77. The molecule has 21 heavy (non-hydrogen) atoms. The van der Waals surface area contributed by atoms with E-state index in [4.69, 9.17) is 9.47 Å². The molecule has 0 saturated heterocycles. The van der Waals surface area contributed by atoms with Gasteiger partial charge in [0.1, 0.15) is 24.4 Å². The van der Waals surface area contributed by atoms with E-state index in [9.17, 15) is 0 Å². The van der Waals surface area contributed by atoms with Gasteiger partial charge in [0, 0.05) is 13.6 Å². The molecule has 2 heterocycles. The maximum atomic E-state index is 5.97. The van der Waals surface area contributed by atoms with E-state index >= 15 is 0 Å². The smallest absolute Gasteiger partial charge is 0.161 e. The molecule has 1 aromatic carbocycles. The van der Waals surface area contributed by atoms with Crippen LogP contribution in [-0.2, 0) is 13.6 Å². The molecule has 0 bridgehead atoms. The highest BCUT2D eigenvalue weighted by Gasteiger charge is 2.22. The summed E-state index contributed by atoms with van der Waals surface area (Å²) in [4.78, 5) is 2.17. The number of rotatable bonds is 4. The van der Waals surface area contributed by atoms with Crippen LogP contribution < -0.4 is 9.47 Å². The topological polar surface area (TPSA) is 52.4 Å². The Morgan fingerprint density at radius 1 is 1.29 bits per heavy atom. The van der Waals surface area contributed by atoms with Crippen molar-refractivity contribution in [3.63, 3.8) is 0 Å². The zero-order valence-electron chi connectivity index (χ0n) is 12.6. The van der Waals surface area contributed by atoms with Crippen molar-refractivity contribution in [3.8, 4) is 11.5 Å². The van der Waals surface area contributed by atoms with E-state index in [2.05, 4.69) is 15.1 Å². The molecule has 0 N–H and O–H groups in total. The second-order valence-corrected chi connectivity index (χ2v) is 5.42. The molecule has 1 aromatic heterocycles. The van der Waals surface area contributed by atoms with Crippen LogP contribution in [0.3, 0.4) is 0 Å². The SMILES string of the molecule is Cc1nnc(CN(C)C[C@@H]2COc3ccccc3O2)n1C. The van der Waals surface area contributed by atoms with E-state index in [0.717, 1.165) is 36.2 Å². The van der Waals surface area contributed by atoms with Crippen molar-refractivity contribution in [2.24, 2.45) is 7.05 Å². The minimum Gasteiger partial charge on any atom is -0.486 e. The molecule has 1 aliphatic rings. The van der Waals surface area contributed by atoms with Crippen LogP contribution in [0.15, 0.2) is 24.3 Å². The van der Waals surface area contributed by atoms with Crippen LogP contribution in [0.5, 0.6) is 11.5 Å². The summed E-state index contributed by atoms with van der Waals surface area (Å²) >= 11 is 0. The minimum atomic E-state index is 0.0271. The van der Waals surface area contributed by atoms with E-state index < -0.39 is 0 Å². The van der Waals surface area contributed by atoms with Gasteiger partial charge in [0.25, 0.3) is 0 Å². The number of hydrogen-bond donors (Lipinski definition) is 0. The summed E-state index contributed by atoms with van der Waals surface area (Å²) in [5.74, 6) is 3.51. The average Bonchev–Trinajstić information content (AvgIpc) is 2.79. The van der Waals surface area contributed by atoms with Crippen molar-refractivity contribution < 1.29 is 9.47 Å². The molecule has 112 valence electrons. The second kappa shape index (κ2) is 5.73.